The number of rotatable bonds is 5. The van der Waals surface area contributed by atoms with Gasteiger partial charge in [0.05, 0.1) is 5.69 Å². The molecule has 4 rings (SSSR count). The smallest absolute Gasteiger partial charge is 0.0726 e. The molecule has 0 saturated carbocycles. The van der Waals surface area contributed by atoms with Crippen LogP contribution < -0.4 is 0 Å². The first kappa shape index (κ1) is 16.1. The van der Waals surface area contributed by atoms with Gasteiger partial charge >= 0.3 is 0 Å². The molecule has 0 unspecified atom stereocenters. The number of hydrogen-bond donors (Lipinski definition) is 0. The molecule has 0 fully saturated rings. The fraction of sp³-hybridized carbons (Fsp3) is 0.0909. The van der Waals surface area contributed by atoms with Crippen molar-refractivity contribution < 1.29 is 0 Å². The van der Waals surface area contributed by atoms with Gasteiger partial charge in [0.15, 0.2) is 0 Å². The maximum absolute atomic E-state index is 4.59. The van der Waals surface area contributed by atoms with E-state index in [1.807, 2.05) is 49.2 Å². The average molecular weight is 338 g/mol. The van der Waals surface area contributed by atoms with Crippen molar-refractivity contribution in [2.24, 2.45) is 0 Å². The molecule has 0 bridgehead atoms. The molecule has 0 radical (unpaired) electrons. The minimum absolute atomic E-state index is 0.934. The second kappa shape index (κ2) is 7.66. The average Bonchev–Trinajstić information content (AvgIpc) is 2.74. The van der Waals surface area contributed by atoms with Crippen LogP contribution in [0.25, 0.3) is 22.4 Å². The van der Waals surface area contributed by atoms with Crippen LogP contribution in [-0.2, 0) is 12.8 Å². The highest BCUT2D eigenvalue weighted by molar-refractivity contribution is 5.71. The van der Waals surface area contributed by atoms with E-state index in [0.717, 1.165) is 35.2 Å². The van der Waals surface area contributed by atoms with Gasteiger partial charge in [0.1, 0.15) is 0 Å². The number of hydrogen-bond acceptors (Lipinski definition) is 4. The Bertz CT molecular complexity index is 985. The van der Waals surface area contributed by atoms with E-state index in [9.17, 15) is 0 Å². The molecule has 26 heavy (non-hydrogen) atoms. The first-order valence-corrected chi connectivity index (χ1v) is 8.59. The summed E-state index contributed by atoms with van der Waals surface area (Å²) in [6, 6.07) is 14.3. The van der Waals surface area contributed by atoms with Crippen molar-refractivity contribution in [2.75, 3.05) is 0 Å². The summed E-state index contributed by atoms with van der Waals surface area (Å²) < 4.78 is 0. The van der Waals surface area contributed by atoms with Gasteiger partial charge in [0, 0.05) is 48.9 Å². The van der Waals surface area contributed by atoms with Gasteiger partial charge in [-0.3, -0.25) is 19.9 Å². The van der Waals surface area contributed by atoms with Gasteiger partial charge in [-0.2, -0.15) is 0 Å². The van der Waals surface area contributed by atoms with Crippen LogP contribution in [0.5, 0.6) is 0 Å². The molecule has 4 aromatic rings. The number of nitrogens with zero attached hydrogens (tertiary/aromatic N) is 4. The zero-order valence-electron chi connectivity index (χ0n) is 14.3. The minimum atomic E-state index is 0.934. The molecule has 4 heteroatoms. The number of pyridine rings is 4. The fourth-order valence-corrected chi connectivity index (χ4v) is 3.00. The van der Waals surface area contributed by atoms with E-state index in [1.165, 1.54) is 11.1 Å². The molecule has 0 aliphatic heterocycles. The Morgan fingerprint density at radius 3 is 2.12 bits per heavy atom. The molecule has 4 nitrogen and oxygen atoms in total. The molecule has 0 aliphatic carbocycles. The predicted octanol–water partition coefficient (Wildman–Crippen LogP) is 4.39. The highest BCUT2D eigenvalue weighted by Gasteiger charge is 2.08. The zero-order chi connectivity index (χ0) is 17.6. The molecule has 0 aromatic carbocycles. The molecule has 0 spiro atoms. The van der Waals surface area contributed by atoms with Crippen LogP contribution in [0.1, 0.15) is 11.1 Å². The van der Waals surface area contributed by atoms with E-state index in [0.29, 0.717) is 0 Å². The minimum Gasteiger partial charge on any atom is -0.265 e. The fourth-order valence-electron chi connectivity index (χ4n) is 3.00. The van der Waals surface area contributed by atoms with Gasteiger partial charge in [0.25, 0.3) is 0 Å². The van der Waals surface area contributed by atoms with Crippen LogP contribution in [-0.4, -0.2) is 19.9 Å². The summed E-state index contributed by atoms with van der Waals surface area (Å²) in [5.74, 6) is 0. The summed E-state index contributed by atoms with van der Waals surface area (Å²) in [7, 11) is 0. The van der Waals surface area contributed by atoms with Crippen LogP contribution in [0.2, 0.25) is 0 Å². The normalized spacial score (nSPS) is 10.6. The maximum atomic E-state index is 4.59. The molecule has 4 heterocycles. The molecule has 0 atom stereocenters. The highest BCUT2D eigenvalue weighted by atomic mass is 14.7. The first-order valence-electron chi connectivity index (χ1n) is 8.59. The van der Waals surface area contributed by atoms with Gasteiger partial charge in [0.2, 0.25) is 0 Å². The molecule has 0 N–H and O–H groups in total. The topological polar surface area (TPSA) is 51.6 Å². The third kappa shape index (κ3) is 3.64. The lowest BCUT2D eigenvalue weighted by molar-refractivity contribution is 0.951. The van der Waals surface area contributed by atoms with E-state index in [-0.39, 0.29) is 0 Å². The van der Waals surface area contributed by atoms with Crippen molar-refractivity contribution in [3.8, 4) is 22.4 Å². The van der Waals surface area contributed by atoms with Crippen molar-refractivity contribution in [3.05, 3.63) is 97.0 Å². The predicted molar refractivity (Wildman–Crippen MR) is 102 cm³/mol. The summed E-state index contributed by atoms with van der Waals surface area (Å²) in [5.41, 5.74) is 6.80. The highest BCUT2D eigenvalue weighted by Crippen LogP contribution is 2.26. The lowest BCUT2D eigenvalue weighted by atomic mass is 9.98. The van der Waals surface area contributed by atoms with Crippen LogP contribution in [0.3, 0.4) is 0 Å². The van der Waals surface area contributed by atoms with Crippen molar-refractivity contribution in [2.45, 2.75) is 12.8 Å². The molecule has 4 aromatic heterocycles. The van der Waals surface area contributed by atoms with E-state index >= 15 is 0 Å². The Labute approximate surface area is 152 Å². The quantitative estimate of drug-likeness (QED) is 0.542. The van der Waals surface area contributed by atoms with Crippen molar-refractivity contribution in [3.63, 3.8) is 0 Å². The monoisotopic (exact) mass is 338 g/mol. The van der Waals surface area contributed by atoms with Crippen LogP contribution >= 0.6 is 0 Å². The lowest BCUT2D eigenvalue weighted by Gasteiger charge is -2.10. The first-order chi connectivity index (χ1) is 12.9. The standard InChI is InChI=1S/C22H18N4/c1(17-3-9-23-10-4-17)2-19-7-13-25-16-21(19)22-15-20(8-14-26-22)18-5-11-24-12-6-18/h3-16H,1-2H2. The van der Waals surface area contributed by atoms with E-state index < -0.39 is 0 Å². The Morgan fingerprint density at radius 1 is 0.615 bits per heavy atom. The van der Waals surface area contributed by atoms with E-state index in [1.54, 1.807) is 12.4 Å². The zero-order valence-corrected chi connectivity index (χ0v) is 14.3. The van der Waals surface area contributed by atoms with Crippen LogP contribution in [0.15, 0.2) is 85.8 Å². The third-order valence-corrected chi connectivity index (χ3v) is 4.39. The summed E-state index contributed by atoms with van der Waals surface area (Å²) in [6.45, 7) is 0. The second-order valence-corrected chi connectivity index (χ2v) is 6.05. The second-order valence-electron chi connectivity index (χ2n) is 6.05. The largest absolute Gasteiger partial charge is 0.265 e. The van der Waals surface area contributed by atoms with Crippen LogP contribution in [0.4, 0.5) is 0 Å². The van der Waals surface area contributed by atoms with Crippen molar-refractivity contribution in [1.29, 1.82) is 0 Å². The van der Waals surface area contributed by atoms with Crippen molar-refractivity contribution >= 4 is 0 Å². The SMILES string of the molecule is c1cc(CCc2ccncc2-c2cc(-c3ccncc3)ccn2)ccn1. The lowest BCUT2D eigenvalue weighted by Crippen LogP contribution is -1.97. The molecular formula is C22H18N4. The van der Waals surface area contributed by atoms with Gasteiger partial charge in [-0.25, -0.2) is 0 Å². The number of aryl methyl sites for hydroxylation is 2. The van der Waals surface area contributed by atoms with Gasteiger partial charge < -0.3 is 0 Å². The summed E-state index contributed by atoms with van der Waals surface area (Å²) in [4.78, 5) is 17.1. The summed E-state index contributed by atoms with van der Waals surface area (Å²) in [6.07, 6.45) is 14.8. The summed E-state index contributed by atoms with van der Waals surface area (Å²) >= 11 is 0. The summed E-state index contributed by atoms with van der Waals surface area (Å²) in [5, 5.41) is 0. The Morgan fingerprint density at radius 2 is 1.31 bits per heavy atom. The Kier molecular flexibility index (Phi) is 4.74. The molecule has 0 saturated heterocycles. The molecule has 126 valence electrons. The molecular weight excluding hydrogens is 320 g/mol. The van der Waals surface area contributed by atoms with Crippen molar-refractivity contribution in [1.82, 2.24) is 19.9 Å². The Hall–Kier alpha value is -3.40. The van der Waals surface area contributed by atoms with E-state index in [2.05, 4.69) is 44.2 Å². The van der Waals surface area contributed by atoms with Crippen LogP contribution in [0, 0.1) is 0 Å². The van der Waals surface area contributed by atoms with Gasteiger partial charge in [-0.15, -0.1) is 0 Å². The van der Waals surface area contributed by atoms with Gasteiger partial charge in [-0.1, -0.05) is 0 Å². The van der Waals surface area contributed by atoms with Gasteiger partial charge in [-0.05, 0) is 77.6 Å². The third-order valence-electron chi connectivity index (χ3n) is 4.39. The maximum Gasteiger partial charge on any atom is 0.0726 e. The van der Waals surface area contributed by atoms with E-state index in [4.69, 9.17) is 0 Å². The molecule has 0 aliphatic rings. The number of aromatic nitrogens is 4. The Balaban J connectivity index is 1.64. The molecule has 0 amide bonds.